The van der Waals surface area contributed by atoms with Crippen LogP contribution in [0, 0.1) is 0 Å². The van der Waals surface area contributed by atoms with E-state index in [0.717, 1.165) is 38.7 Å². The van der Waals surface area contributed by atoms with E-state index in [1.54, 1.807) is 0 Å². The predicted molar refractivity (Wildman–Crippen MR) is 180 cm³/mol. The zero-order valence-electron chi connectivity index (χ0n) is 23.8. The van der Waals surface area contributed by atoms with E-state index in [4.69, 9.17) is 15.0 Å². The number of aromatic nitrogens is 4. The van der Waals surface area contributed by atoms with Crippen LogP contribution >= 0.6 is 0 Å². The largest absolute Gasteiger partial charge is 0.256 e. The number of hydrogen-bond donors (Lipinski definition) is 0. The molecule has 0 saturated carbocycles. The maximum Gasteiger partial charge on any atom is 0.164 e. The number of rotatable bonds is 5. The Morgan fingerprint density at radius 1 is 0.341 bits per heavy atom. The Morgan fingerprint density at radius 3 is 1.52 bits per heavy atom. The first-order valence-electron chi connectivity index (χ1n) is 14.7. The van der Waals surface area contributed by atoms with E-state index in [2.05, 4.69) is 89.9 Å². The quantitative estimate of drug-likeness (QED) is 0.209. The van der Waals surface area contributed by atoms with Crippen molar-refractivity contribution in [3.63, 3.8) is 0 Å². The second-order valence-electron chi connectivity index (χ2n) is 10.7. The molecule has 8 rings (SSSR count). The summed E-state index contributed by atoms with van der Waals surface area (Å²) < 4.78 is 0. The SMILES string of the molecule is c1ccc(-c2nc(-c3ccccc3)nc(-c3ccc(-c4ccc5ccccc5c4-c4ccnc5ccccc45)cc3)n2)cc1. The molecule has 0 radical (unpaired) electrons. The minimum atomic E-state index is 0.642. The summed E-state index contributed by atoms with van der Waals surface area (Å²) in [7, 11) is 0. The van der Waals surface area contributed by atoms with Crippen molar-refractivity contribution in [2.75, 3.05) is 0 Å². The summed E-state index contributed by atoms with van der Waals surface area (Å²) in [5.74, 6) is 1.95. The summed E-state index contributed by atoms with van der Waals surface area (Å²) in [4.78, 5) is 19.3. The van der Waals surface area contributed by atoms with Gasteiger partial charge in [0.25, 0.3) is 0 Å². The van der Waals surface area contributed by atoms with Crippen LogP contribution in [0.3, 0.4) is 0 Å². The number of benzene rings is 6. The maximum atomic E-state index is 4.91. The Morgan fingerprint density at radius 2 is 0.864 bits per heavy atom. The summed E-state index contributed by atoms with van der Waals surface area (Å²) in [6.45, 7) is 0. The van der Waals surface area contributed by atoms with Crippen LogP contribution in [0.1, 0.15) is 0 Å². The Hall–Kier alpha value is -6.00. The number of nitrogens with zero attached hydrogens (tertiary/aromatic N) is 4. The summed E-state index contributed by atoms with van der Waals surface area (Å²) in [6.07, 6.45) is 1.90. The normalized spacial score (nSPS) is 11.2. The molecule has 206 valence electrons. The van der Waals surface area contributed by atoms with E-state index in [1.807, 2.05) is 72.9 Å². The minimum absolute atomic E-state index is 0.642. The molecule has 0 unspecified atom stereocenters. The molecule has 4 nitrogen and oxygen atoms in total. The average Bonchev–Trinajstić information content (AvgIpc) is 3.11. The van der Waals surface area contributed by atoms with E-state index < -0.39 is 0 Å². The van der Waals surface area contributed by atoms with Gasteiger partial charge in [0.1, 0.15) is 0 Å². The van der Waals surface area contributed by atoms with Gasteiger partial charge in [0.05, 0.1) is 5.52 Å². The maximum absolute atomic E-state index is 4.91. The van der Waals surface area contributed by atoms with Crippen molar-refractivity contribution in [1.29, 1.82) is 0 Å². The first-order chi connectivity index (χ1) is 21.8. The van der Waals surface area contributed by atoms with Crippen molar-refractivity contribution >= 4 is 21.7 Å². The second kappa shape index (κ2) is 11.0. The van der Waals surface area contributed by atoms with Crippen molar-refractivity contribution in [3.8, 4) is 56.4 Å². The number of hydrogen-bond acceptors (Lipinski definition) is 4. The molecule has 44 heavy (non-hydrogen) atoms. The molecule has 0 bridgehead atoms. The number of para-hydroxylation sites is 1. The summed E-state index contributed by atoms with van der Waals surface area (Å²) in [6, 6.07) is 52.2. The van der Waals surface area contributed by atoms with Gasteiger partial charge in [-0.1, -0.05) is 140 Å². The summed E-state index contributed by atoms with van der Waals surface area (Å²) in [5.41, 5.74) is 8.48. The fourth-order valence-corrected chi connectivity index (χ4v) is 5.85. The Balaban J connectivity index is 1.28. The molecule has 0 aliphatic rings. The predicted octanol–water partition coefficient (Wildman–Crippen LogP) is 9.91. The highest BCUT2D eigenvalue weighted by Crippen LogP contribution is 2.41. The van der Waals surface area contributed by atoms with Gasteiger partial charge in [-0.15, -0.1) is 0 Å². The van der Waals surface area contributed by atoms with Crippen molar-refractivity contribution in [2.24, 2.45) is 0 Å². The summed E-state index contributed by atoms with van der Waals surface area (Å²) in [5, 5.41) is 3.55. The van der Waals surface area contributed by atoms with E-state index in [1.165, 1.54) is 21.9 Å². The smallest absolute Gasteiger partial charge is 0.164 e. The highest BCUT2D eigenvalue weighted by atomic mass is 15.0. The van der Waals surface area contributed by atoms with Crippen molar-refractivity contribution in [2.45, 2.75) is 0 Å². The zero-order valence-corrected chi connectivity index (χ0v) is 23.8. The third-order valence-corrected chi connectivity index (χ3v) is 8.00. The third kappa shape index (κ3) is 4.69. The topological polar surface area (TPSA) is 51.6 Å². The average molecular weight is 563 g/mol. The highest BCUT2D eigenvalue weighted by Gasteiger charge is 2.16. The molecular weight excluding hydrogens is 536 g/mol. The van der Waals surface area contributed by atoms with Gasteiger partial charge in [-0.25, -0.2) is 15.0 Å². The molecular formula is C40H26N4. The fourth-order valence-electron chi connectivity index (χ4n) is 5.85. The van der Waals surface area contributed by atoms with E-state index >= 15 is 0 Å². The monoisotopic (exact) mass is 562 g/mol. The van der Waals surface area contributed by atoms with E-state index in [9.17, 15) is 0 Å². The fraction of sp³-hybridized carbons (Fsp3) is 0. The Kier molecular flexibility index (Phi) is 6.43. The lowest BCUT2D eigenvalue weighted by atomic mass is 9.88. The van der Waals surface area contributed by atoms with Crippen LogP contribution in [0.25, 0.3) is 78.1 Å². The first kappa shape index (κ1) is 25.7. The van der Waals surface area contributed by atoms with Crippen molar-refractivity contribution in [3.05, 3.63) is 158 Å². The Labute approximate surface area is 255 Å². The molecule has 6 aromatic carbocycles. The molecule has 0 aliphatic carbocycles. The van der Waals surface area contributed by atoms with E-state index in [0.29, 0.717) is 17.5 Å². The van der Waals surface area contributed by atoms with Crippen LogP contribution in [-0.4, -0.2) is 19.9 Å². The van der Waals surface area contributed by atoms with Crippen LogP contribution in [0.15, 0.2) is 158 Å². The van der Waals surface area contributed by atoms with Crippen LogP contribution in [0.5, 0.6) is 0 Å². The van der Waals surface area contributed by atoms with Gasteiger partial charge < -0.3 is 0 Å². The molecule has 0 amide bonds. The first-order valence-corrected chi connectivity index (χ1v) is 14.7. The Bertz CT molecular complexity index is 2200. The molecule has 0 N–H and O–H groups in total. The molecule has 8 aromatic rings. The third-order valence-electron chi connectivity index (χ3n) is 8.00. The highest BCUT2D eigenvalue weighted by molar-refractivity contribution is 6.10. The van der Waals surface area contributed by atoms with Gasteiger partial charge in [-0.3, -0.25) is 4.98 Å². The number of pyridine rings is 1. The van der Waals surface area contributed by atoms with Gasteiger partial charge in [-0.2, -0.15) is 0 Å². The molecule has 0 saturated heterocycles. The van der Waals surface area contributed by atoms with Crippen LogP contribution in [-0.2, 0) is 0 Å². The number of fused-ring (bicyclic) bond motifs is 2. The second-order valence-corrected chi connectivity index (χ2v) is 10.7. The van der Waals surface area contributed by atoms with Crippen LogP contribution < -0.4 is 0 Å². The molecule has 0 fully saturated rings. The molecule has 2 heterocycles. The van der Waals surface area contributed by atoms with Crippen molar-refractivity contribution < 1.29 is 0 Å². The molecule has 4 heteroatoms. The molecule has 0 atom stereocenters. The lowest BCUT2D eigenvalue weighted by molar-refractivity contribution is 1.07. The standard InChI is InChI=1S/C40H26N4/c1-3-12-29(13-4-1)38-42-39(30-14-5-2-6-15-30)44-40(43-38)31-21-19-28(20-22-31)33-24-23-27-11-7-8-16-32(27)37(33)35-25-26-41-36-18-10-9-17-34(35)36/h1-26H. The summed E-state index contributed by atoms with van der Waals surface area (Å²) >= 11 is 0. The van der Waals surface area contributed by atoms with E-state index in [-0.39, 0.29) is 0 Å². The van der Waals surface area contributed by atoms with Gasteiger partial charge in [-0.05, 0) is 45.2 Å². The molecule has 2 aromatic heterocycles. The van der Waals surface area contributed by atoms with Gasteiger partial charge >= 0.3 is 0 Å². The van der Waals surface area contributed by atoms with Crippen LogP contribution in [0.4, 0.5) is 0 Å². The van der Waals surface area contributed by atoms with Gasteiger partial charge in [0.15, 0.2) is 17.5 Å². The zero-order chi connectivity index (χ0) is 29.3. The lowest BCUT2D eigenvalue weighted by Crippen LogP contribution is -2.00. The molecule has 0 spiro atoms. The minimum Gasteiger partial charge on any atom is -0.256 e. The molecule has 0 aliphatic heterocycles. The van der Waals surface area contributed by atoms with Gasteiger partial charge in [0.2, 0.25) is 0 Å². The lowest BCUT2D eigenvalue weighted by Gasteiger charge is -2.16. The van der Waals surface area contributed by atoms with Gasteiger partial charge in [0, 0.05) is 28.3 Å². The van der Waals surface area contributed by atoms with Crippen molar-refractivity contribution in [1.82, 2.24) is 19.9 Å². The van der Waals surface area contributed by atoms with Crippen LogP contribution in [0.2, 0.25) is 0 Å².